The van der Waals surface area contributed by atoms with Gasteiger partial charge in [0.1, 0.15) is 11.5 Å². The molecule has 40 heavy (non-hydrogen) atoms. The Labute approximate surface area is 244 Å². The summed E-state index contributed by atoms with van der Waals surface area (Å²) >= 11 is 4.79. The van der Waals surface area contributed by atoms with E-state index in [2.05, 4.69) is 20.9 Å². The van der Waals surface area contributed by atoms with E-state index < -0.39 is 12.0 Å². The highest BCUT2D eigenvalue weighted by molar-refractivity contribution is 9.10. The van der Waals surface area contributed by atoms with Gasteiger partial charge in [-0.15, -0.1) is 0 Å². The highest BCUT2D eigenvalue weighted by Crippen LogP contribution is 2.36. The summed E-state index contributed by atoms with van der Waals surface area (Å²) < 4.78 is 30.6. The number of rotatable bonds is 10. The van der Waals surface area contributed by atoms with Crippen molar-refractivity contribution in [2.45, 2.75) is 33.7 Å². The average molecular weight is 632 g/mol. The van der Waals surface area contributed by atoms with Crippen LogP contribution < -0.4 is 33.8 Å². The SMILES string of the molecule is CCOC(=O)C1=C(C)N=c2s/c(=C\c3cc(Br)c(OCC)cc3OCC)c(=O)n2[C@H]1c1ccc(OC)c(OC)c1. The number of carbonyl (C=O) groups is 1. The van der Waals surface area contributed by atoms with Crippen LogP contribution in [0.4, 0.5) is 0 Å². The van der Waals surface area contributed by atoms with Gasteiger partial charge in [-0.1, -0.05) is 17.4 Å². The van der Waals surface area contributed by atoms with Gasteiger partial charge in [-0.3, -0.25) is 9.36 Å². The van der Waals surface area contributed by atoms with E-state index in [1.807, 2.05) is 19.9 Å². The van der Waals surface area contributed by atoms with Crippen LogP contribution in [0.2, 0.25) is 0 Å². The van der Waals surface area contributed by atoms with Crippen molar-refractivity contribution < 1.29 is 28.5 Å². The molecule has 1 aliphatic rings. The Morgan fingerprint density at radius 1 is 1.00 bits per heavy atom. The first-order valence-electron chi connectivity index (χ1n) is 12.8. The van der Waals surface area contributed by atoms with Crippen molar-refractivity contribution in [2.24, 2.45) is 4.99 Å². The third-order valence-corrected chi connectivity index (χ3v) is 7.79. The summed E-state index contributed by atoms with van der Waals surface area (Å²) in [6, 6.07) is 8.18. The minimum absolute atomic E-state index is 0.186. The normalized spacial score (nSPS) is 14.9. The summed E-state index contributed by atoms with van der Waals surface area (Å²) in [4.78, 5) is 32.3. The molecule has 0 aliphatic carbocycles. The van der Waals surface area contributed by atoms with Gasteiger partial charge in [-0.2, -0.15) is 0 Å². The fraction of sp³-hybridized carbons (Fsp3) is 0.345. The van der Waals surface area contributed by atoms with Crippen molar-refractivity contribution in [1.82, 2.24) is 4.57 Å². The maximum atomic E-state index is 14.0. The van der Waals surface area contributed by atoms with Crippen LogP contribution in [-0.4, -0.2) is 44.6 Å². The number of halogens is 1. The molecule has 0 fully saturated rings. The molecule has 0 spiro atoms. The van der Waals surface area contributed by atoms with Crippen LogP contribution in [0, 0.1) is 0 Å². The lowest BCUT2D eigenvalue weighted by atomic mass is 9.95. The number of fused-ring (bicyclic) bond motifs is 1. The molecule has 0 amide bonds. The molecule has 0 radical (unpaired) electrons. The number of allylic oxidation sites excluding steroid dienone is 1. The molecular formula is C29H31BrN2O7S. The van der Waals surface area contributed by atoms with Gasteiger partial charge >= 0.3 is 5.97 Å². The van der Waals surface area contributed by atoms with Crippen LogP contribution in [-0.2, 0) is 9.53 Å². The number of hydrogen-bond donors (Lipinski definition) is 0. The second-order valence-corrected chi connectivity index (χ2v) is 10.5. The highest BCUT2D eigenvalue weighted by Gasteiger charge is 2.34. The number of hydrogen-bond acceptors (Lipinski definition) is 9. The van der Waals surface area contributed by atoms with Crippen molar-refractivity contribution in [3.05, 3.63) is 76.9 Å². The number of ether oxygens (including phenoxy) is 5. The van der Waals surface area contributed by atoms with E-state index in [0.717, 1.165) is 4.47 Å². The van der Waals surface area contributed by atoms with E-state index >= 15 is 0 Å². The average Bonchev–Trinajstić information content (AvgIpc) is 3.24. The van der Waals surface area contributed by atoms with Crippen LogP contribution >= 0.6 is 27.3 Å². The first-order valence-corrected chi connectivity index (χ1v) is 14.4. The van der Waals surface area contributed by atoms with E-state index in [1.165, 1.54) is 23.0 Å². The Hall–Kier alpha value is -3.57. The molecule has 0 saturated carbocycles. The van der Waals surface area contributed by atoms with E-state index in [-0.39, 0.29) is 17.7 Å². The van der Waals surface area contributed by atoms with Gasteiger partial charge in [0.05, 0.1) is 60.4 Å². The predicted molar refractivity (Wildman–Crippen MR) is 156 cm³/mol. The molecule has 212 valence electrons. The molecule has 1 atom stereocenters. The van der Waals surface area contributed by atoms with Gasteiger partial charge in [0.25, 0.3) is 5.56 Å². The van der Waals surface area contributed by atoms with Gasteiger partial charge in [-0.25, -0.2) is 9.79 Å². The minimum Gasteiger partial charge on any atom is -0.493 e. The molecule has 4 rings (SSSR count). The smallest absolute Gasteiger partial charge is 0.338 e. The van der Waals surface area contributed by atoms with Crippen LogP contribution in [0.1, 0.15) is 44.9 Å². The van der Waals surface area contributed by atoms with Gasteiger partial charge in [0.2, 0.25) is 0 Å². The van der Waals surface area contributed by atoms with Gasteiger partial charge in [0.15, 0.2) is 16.3 Å². The Morgan fingerprint density at radius 2 is 1.70 bits per heavy atom. The van der Waals surface area contributed by atoms with E-state index in [9.17, 15) is 9.59 Å². The standard InChI is InChI=1S/C29H31BrN2O7S/c1-7-37-21-15-22(38-8-2)19(30)12-18(21)14-24-27(33)32-26(17-10-11-20(35-5)23(13-17)36-6)25(28(34)39-9-3)16(4)31-29(32)40-24/h10-15,26H,7-9H2,1-6H3/b24-14-/t26-/m0/s1. The van der Waals surface area contributed by atoms with Gasteiger partial charge < -0.3 is 23.7 Å². The molecule has 0 N–H and O–H groups in total. The molecule has 11 heteroatoms. The molecule has 3 aromatic rings. The van der Waals surface area contributed by atoms with Crippen LogP contribution in [0.5, 0.6) is 23.0 Å². The third-order valence-electron chi connectivity index (χ3n) is 6.19. The molecular weight excluding hydrogens is 600 g/mol. The fourth-order valence-electron chi connectivity index (χ4n) is 4.48. The van der Waals surface area contributed by atoms with Crippen molar-refractivity contribution in [1.29, 1.82) is 0 Å². The zero-order valence-corrected chi connectivity index (χ0v) is 25.6. The lowest BCUT2D eigenvalue weighted by Gasteiger charge is -2.25. The predicted octanol–water partition coefficient (Wildman–Crippen LogP) is 4.38. The van der Waals surface area contributed by atoms with Gasteiger partial charge in [-0.05, 0) is 73.5 Å². The van der Waals surface area contributed by atoms with E-state index in [0.29, 0.717) is 62.4 Å². The zero-order chi connectivity index (χ0) is 29.0. The maximum Gasteiger partial charge on any atom is 0.338 e. The second kappa shape index (κ2) is 12.7. The molecule has 1 aliphatic heterocycles. The number of esters is 1. The second-order valence-electron chi connectivity index (χ2n) is 8.60. The van der Waals surface area contributed by atoms with Crippen LogP contribution in [0.3, 0.4) is 0 Å². The van der Waals surface area contributed by atoms with E-state index in [4.69, 9.17) is 23.7 Å². The molecule has 0 bridgehead atoms. The number of nitrogens with zero attached hydrogens (tertiary/aromatic N) is 2. The lowest BCUT2D eigenvalue weighted by molar-refractivity contribution is -0.139. The molecule has 2 aromatic carbocycles. The van der Waals surface area contributed by atoms with Crippen LogP contribution in [0.15, 0.2) is 55.9 Å². The summed E-state index contributed by atoms with van der Waals surface area (Å²) in [6.45, 7) is 8.40. The summed E-state index contributed by atoms with van der Waals surface area (Å²) in [5.41, 5.74) is 1.81. The minimum atomic E-state index is -0.782. The maximum absolute atomic E-state index is 14.0. The van der Waals surface area contributed by atoms with E-state index in [1.54, 1.807) is 51.3 Å². The Bertz CT molecular complexity index is 1640. The van der Waals surface area contributed by atoms with Gasteiger partial charge in [0, 0.05) is 11.6 Å². The molecule has 1 aromatic heterocycles. The summed E-state index contributed by atoms with van der Waals surface area (Å²) in [5.74, 6) is 1.70. The zero-order valence-electron chi connectivity index (χ0n) is 23.2. The Morgan fingerprint density at radius 3 is 2.35 bits per heavy atom. The van der Waals surface area contributed by atoms with Crippen molar-refractivity contribution in [3.63, 3.8) is 0 Å². The molecule has 9 nitrogen and oxygen atoms in total. The Kier molecular flexibility index (Phi) is 9.36. The number of benzene rings is 2. The number of methoxy groups -OCH3 is 2. The molecule has 0 saturated heterocycles. The highest BCUT2D eigenvalue weighted by atomic mass is 79.9. The fourth-order valence-corrected chi connectivity index (χ4v) is 5.99. The Balaban J connectivity index is 1.96. The quantitative estimate of drug-likeness (QED) is 0.307. The number of aromatic nitrogens is 1. The van der Waals surface area contributed by atoms with Crippen molar-refractivity contribution in [3.8, 4) is 23.0 Å². The number of thiazole rings is 1. The summed E-state index contributed by atoms with van der Waals surface area (Å²) in [7, 11) is 3.08. The monoisotopic (exact) mass is 630 g/mol. The third kappa shape index (κ3) is 5.66. The summed E-state index contributed by atoms with van der Waals surface area (Å²) in [5, 5.41) is 0. The van der Waals surface area contributed by atoms with Crippen molar-refractivity contribution >= 4 is 39.3 Å². The lowest BCUT2D eigenvalue weighted by Crippen LogP contribution is -2.40. The van der Waals surface area contributed by atoms with Crippen LogP contribution in [0.25, 0.3) is 6.08 Å². The largest absolute Gasteiger partial charge is 0.493 e. The topological polar surface area (TPSA) is 97.6 Å². The van der Waals surface area contributed by atoms with Crippen molar-refractivity contribution in [2.75, 3.05) is 34.0 Å². The molecule has 2 heterocycles. The first-order chi connectivity index (χ1) is 19.3. The first kappa shape index (κ1) is 29.4. The summed E-state index contributed by atoms with van der Waals surface area (Å²) in [6.07, 6.45) is 1.77. The number of carbonyl (C=O) groups excluding carboxylic acids is 1. The molecule has 0 unspecified atom stereocenters.